The average Bonchev–Trinajstić information content (AvgIpc) is 2.81. The molecule has 0 unspecified atom stereocenters. The van der Waals surface area contributed by atoms with Crippen LogP contribution in [-0.4, -0.2) is 21.0 Å². The second-order valence-corrected chi connectivity index (χ2v) is 5.70. The Bertz CT molecular complexity index is 596. The molecule has 0 radical (unpaired) electrons. The summed E-state index contributed by atoms with van der Waals surface area (Å²) in [5.74, 6) is -0.151. The number of nitrogen functional groups attached to an aromatic ring is 1. The summed E-state index contributed by atoms with van der Waals surface area (Å²) >= 11 is 2.35. The molecule has 2 aromatic rings. The fraction of sp³-hybridized carbons (Fsp3) is 0.0909. The van der Waals surface area contributed by atoms with Crippen LogP contribution in [0.4, 0.5) is 10.8 Å². The zero-order chi connectivity index (χ0) is 13.7. The topological polar surface area (TPSA) is 93.3 Å². The van der Waals surface area contributed by atoms with Crippen molar-refractivity contribution in [1.82, 2.24) is 10.2 Å². The van der Waals surface area contributed by atoms with Gasteiger partial charge in [-0.1, -0.05) is 29.5 Å². The van der Waals surface area contributed by atoms with Crippen LogP contribution in [0.3, 0.4) is 0 Å². The monoisotopic (exact) mass is 293 g/mol. The van der Waals surface area contributed by atoms with Crippen molar-refractivity contribution in [3.8, 4) is 0 Å². The summed E-state index contributed by atoms with van der Waals surface area (Å²) < 4.78 is 0.585. The first-order chi connectivity index (χ1) is 9.15. The zero-order valence-corrected chi connectivity index (χ0v) is 11.7. The van der Waals surface area contributed by atoms with Crippen molar-refractivity contribution in [2.75, 3.05) is 11.2 Å². The molecule has 6 nitrogen and oxygen atoms in total. The maximum absolute atomic E-state index is 11.5. The molecule has 2 rings (SSSR count). The van der Waals surface area contributed by atoms with Crippen LogP contribution in [0.2, 0.25) is 0 Å². The molecule has 0 aliphatic rings. The van der Waals surface area contributed by atoms with Gasteiger partial charge >= 0.3 is 0 Å². The zero-order valence-electron chi connectivity index (χ0n) is 10.0. The number of nitrogens with two attached hydrogens (primary N) is 1. The van der Waals surface area contributed by atoms with Crippen LogP contribution in [0.25, 0.3) is 0 Å². The minimum Gasteiger partial charge on any atom is -0.374 e. The third-order valence-electron chi connectivity index (χ3n) is 1.97. The Morgan fingerprint density at radius 2 is 2.11 bits per heavy atom. The number of aromatic nitrogens is 2. The minimum absolute atomic E-state index is 0.151. The molecule has 0 aliphatic carbocycles. The van der Waals surface area contributed by atoms with Crippen LogP contribution in [-0.2, 0) is 4.79 Å². The highest BCUT2D eigenvalue weighted by Gasteiger charge is 2.12. The SMILES string of the molecule is CC(=O)C(=NNc1ccccc1)Sc1nnc(N)s1. The Morgan fingerprint density at radius 1 is 1.37 bits per heavy atom. The highest BCUT2D eigenvalue weighted by molar-refractivity contribution is 8.17. The van der Waals surface area contributed by atoms with Gasteiger partial charge in [-0.25, -0.2) is 0 Å². The Morgan fingerprint density at radius 3 is 2.68 bits per heavy atom. The molecule has 0 saturated carbocycles. The number of anilines is 2. The van der Waals surface area contributed by atoms with Crippen LogP contribution >= 0.6 is 23.1 Å². The van der Waals surface area contributed by atoms with Crippen molar-refractivity contribution in [3.05, 3.63) is 30.3 Å². The van der Waals surface area contributed by atoms with E-state index < -0.39 is 0 Å². The van der Waals surface area contributed by atoms with Crippen molar-refractivity contribution in [2.45, 2.75) is 11.3 Å². The van der Waals surface area contributed by atoms with E-state index in [0.29, 0.717) is 14.5 Å². The number of rotatable bonds is 4. The molecular formula is C11H11N5OS2. The molecule has 0 fully saturated rings. The summed E-state index contributed by atoms with van der Waals surface area (Å²) in [6.07, 6.45) is 0. The minimum atomic E-state index is -0.151. The van der Waals surface area contributed by atoms with E-state index in [1.165, 1.54) is 18.3 Å². The van der Waals surface area contributed by atoms with E-state index in [1.807, 2.05) is 30.3 Å². The van der Waals surface area contributed by atoms with E-state index in [-0.39, 0.29) is 5.78 Å². The van der Waals surface area contributed by atoms with Crippen molar-refractivity contribution >= 4 is 44.7 Å². The van der Waals surface area contributed by atoms with Gasteiger partial charge in [-0.2, -0.15) is 5.10 Å². The Hall–Kier alpha value is -1.93. The first-order valence-corrected chi connectivity index (χ1v) is 6.95. The molecule has 0 amide bonds. The lowest BCUT2D eigenvalue weighted by molar-refractivity contribution is -0.110. The van der Waals surface area contributed by atoms with Crippen LogP contribution in [0.1, 0.15) is 6.92 Å². The number of carbonyl (C=O) groups is 1. The largest absolute Gasteiger partial charge is 0.374 e. The van der Waals surface area contributed by atoms with Gasteiger partial charge in [-0.3, -0.25) is 10.2 Å². The number of nitrogens with one attached hydrogen (secondary N) is 1. The van der Waals surface area contributed by atoms with Crippen LogP contribution in [0, 0.1) is 0 Å². The lowest BCUT2D eigenvalue weighted by atomic mass is 10.3. The second kappa shape index (κ2) is 6.30. The number of carbonyl (C=O) groups excluding carboxylic acids is 1. The van der Waals surface area contributed by atoms with Crippen molar-refractivity contribution in [2.24, 2.45) is 5.10 Å². The van der Waals surface area contributed by atoms with E-state index in [1.54, 1.807) is 0 Å². The van der Waals surface area contributed by atoms with Gasteiger partial charge in [0.25, 0.3) is 0 Å². The quantitative estimate of drug-likeness (QED) is 0.388. The predicted octanol–water partition coefficient (Wildman–Crippen LogP) is 2.23. The Labute approximate surface area is 118 Å². The number of ketones is 1. The van der Waals surface area contributed by atoms with Gasteiger partial charge in [-0.15, -0.1) is 10.2 Å². The highest BCUT2D eigenvalue weighted by Crippen LogP contribution is 2.25. The van der Waals surface area contributed by atoms with Gasteiger partial charge in [-0.05, 0) is 23.9 Å². The molecule has 1 aromatic heterocycles. The Kier molecular flexibility index (Phi) is 4.48. The number of nitrogens with zero attached hydrogens (tertiary/aromatic N) is 3. The number of para-hydroxylation sites is 1. The number of hydrogen-bond acceptors (Lipinski definition) is 8. The lowest BCUT2D eigenvalue weighted by Gasteiger charge is -2.02. The number of hydrogen-bond donors (Lipinski definition) is 2. The summed E-state index contributed by atoms with van der Waals surface area (Å²) in [5, 5.41) is 12.3. The molecular weight excluding hydrogens is 282 g/mol. The molecule has 0 spiro atoms. The van der Waals surface area contributed by atoms with Crippen molar-refractivity contribution in [3.63, 3.8) is 0 Å². The highest BCUT2D eigenvalue weighted by atomic mass is 32.2. The number of Topliss-reactive ketones (excluding diaryl/α,β-unsaturated/α-hetero) is 1. The van der Waals surface area contributed by atoms with Gasteiger partial charge in [0.15, 0.2) is 15.2 Å². The second-order valence-electron chi connectivity index (χ2n) is 3.46. The van der Waals surface area contributed by atoms with Crippen LogP contribution < -0.4 is 11.2 Å². The number of thioether (sulfide) groups is 1. The van der Waals surface area contributed by atoms with Crippen LogP contribution in [0.15, 0.2) is 39.8 Å². The maximum Gasteiger partial charge on any atom is 0.203 e. The maximum atomic E-state index is 11.5. The number of hydrazone groups is 1. The molecule has 0 atom stereocenters. The van der Waals surface area contributed by atoms with E-state index >= 15 is 0 Å². The first kappa shape index (κ1) is 13.5. The standard InChI is InChI=1S/C11H11N5OS2/c1-7(17)9(18-11-16-15-10(12)19-11)14-13-8-5-3-2-4-6-8/h2-6,13H,1H3,(H2,12,15). The molecule has 1 aromatic carbocycles. The van der Waals surface area contributed by atoms with Crippen molar-refractivity contribution in [1.29, 1.82) is 0 Å². The average molecular weight is 293 g/mol. The summed E-state index contributed by atoms with van der Waals surface area (Å²) in [6, 6.07) is 9.37. The predicted molar refractivity (Wildman–Crippen MR) is 78.4 cm³/mol. The van der Waals surface area contributed by atoms with Crippen molar-refractivity contribution < 1.29 is 4.79 Å². The summed E-state index contributed by atoms with van der Waals surface area (Å²) in [4.78, 5) is 11.5. The molecule has 3 N–H and O–H groups in total. The molecule has 1 heterocycles. The van der Waals surface area contributed by atoms with E-state index in [0.717, 1.165) is 17.4 Å². The van der Waals surface area contributed by atoms with Gasteiger partial charge in [0.2, 0.25) is 5.13 Å². The van der Waals surface area contributed by atoms with E-state index in [2.05, 4.69) is 20.7 Å². The molecule has 8 heteroatoms. The summed E-state index contributed by atoms with van der Waals surface area (Å²) in [6.45, 7) is 1.45. The third-order valence-corrected chi connectivity index (χ3v) is 3.84. The fourth-order valence-corrected chi connectivity index (χ4v) is 2.63. The van der Waals surface area contributed by atoms with E-state index in [4.69, 9.17) is 5.73 Å². The van der Waals surface area contributed by atoms with Crippen LogP contribution in [0.5, 0.6) is 0 Å². The summed E-state index contributed by atoms with van der Waals surface area (Å²) in [7, 11) is 0. The summed E-state index contributed by atoms with van der Waals surface area (Å²) in [5.41, 5.74) is 9.12. The Balaban J connectivity index is 2.09. The van der Waals surface area contributed by atoms with Gasteiger partial charge in [0, 0.05) is 6.92 Å². The first-order valence-electron chi connectivity index (χ1n) is 5.31. The third kappa shape index (κ3) is 4.04. The molecule has 98 valence electrons. The molecule has 0 bridgehead atoms. The lowest BCUT2D eigenvalue weighted by Crippen LogP contribution is -2.07. The molecule has 19 heavy (non-hydrogen) atoms. The van der Waals surface area contributed by atoms with Gasteiger partial charge < -0.3 is 5.73 Å². The fourth-order valence-electron chi connectivity index (χ4n) is 1.15. The normalized spacial score (nSPS) is 11.3. The van der Waals surface area contributed by atoms with E-state index in [9.17, 15) is 4.79 Å². The smallest absolute Gasteiger partial charge is 0.203 e. The molecule has 0 saturated heterocycles. The van der Waals surface area contributed by atoms with Gasteiger partial charge in [0.1, 0.15) is 0 Å². The van der Waals surface area contributed by atoms with Gasteiger partial charge in [0.05, 0.1) is 5.69 Å². The number of benzene rings is 1. The molecule has 0 aliphatic heterocycles.